The molecule has 0 radical (unpaired) electrons. The predicted octanol–water partition coefficient (Wildman–Crippen LogP) is 2.44. The van der Waals surface area contributed by atoms with Gasteiger partial charge in [-0.25, -0.2) is 0 Å². The Morgan fingerprint density at radius 1 is 1.30 bits per heavy atom. The average Bonchev–Trinajstić information content (AvgIpc) is 2.39. The molecule has 0 heterocycles. The van der Waals surface area contributed by atoms with Crippen LogP contribution in [0, 0.1) is 0 Å². The number of carboxylic acid groups (broad SMARTS) is 1. The Balaban J connectivity index is 0. The number of halogens is 1. The molecule has 0 bridgehead atoms. The van der Waals surface area contributed by atoms with Crippen molar-refractivity contribution < 1.29 is 9.90 Å². The lowest BCUT2D eigenvalue weighted by molar-refractivity contribution is -0.299. The average molecular weight is 301 g/mol. The van der Waals surface area contributed by atoms with Crippen molar-refractivity contribution in [2.24, 2.45) is 0 Å². The maximum Gasteiger partial charge on any atom is 0.0668 e. The smallest absolute Gasteiger partial charge is 0.0668 e. The molecule has 1 rings (SSSR count). The second-order valence-corrected chi connectivity index (χ2v) is 4.65. The first-order valence-corrected chi connectivity index (χ1v) is 6.63. The zero-order valence-electron chi connectivity index (χ0n) is 12.7. The number of aliphatic carboxylic acids is 1. The molecule has 4 nitrogen and oxygen atoms in total. The van der Waals surface area contributed by atoms with E-state index < -0.39 is 5.97 Å². The molecule has 0 aromatic heterocycles. The molecule has 0 saturated heterocycles. The van der Waals surface area contributed by atoms with Gasteiger partial charge in [0.1, 0.15) is 0 Å². The third-order valence-electron chi connectivity index (χ3n) is 2.35. The largest absolute Gasteiger partial charge is 0.545 e. The molecule has 114 valence electrons. The van der Waals surface area contributed by atoms with Crippen LogP contribution >= 0.6 is 11.6 Å². The molecule has 0 aliphatic carbocycles. The first-order valence-electron chi connectivity index (χ1n) is 6.10. The van der Waals surface area contributed by atoms with Crippen LogP contribution in [0.4, 0.5) is 0 Å². The fourth-order valence-electron chi connectivity index (χ4n) is 1.19. The summed E-state index contributed by atoms with van der Waals surface area (Å²) in [6.07, 6.45) is 2.43. The van der Waals surface area contributed by atoms with Gasteiger partial charge in [0.25, 0.3) is 0 Å². The van der Waals surface area contributed by atoms with Gasteiger partial charge < -0.3 is 21.0 Å². The third-order valence-corrected chi connectivity index (χ3v) is 2.65. The topological polar surface area (TPSA) is 79.9 Å². The van der Waals surface area contributed by atoms with Crippen molar-refractivity contribution in [3.8, 4) is 0 Å². The fraction of sp³-hybridized carbons (Fsp3) is 0.400. The molecular formula is C15H25ClN2O2. The van der Waals surface area contributed by atoms with Gasteiger partial charge in [-0.2, -0.15) is 0 Å². The van der Waals surface area contributed by atoms with Crippen LogP contribution in [0.15, 0.2) is 42.0 Å². The minimum absolute atomic E-state index is 0. The summed E-state index contributed by atoms with van der Waals surface area (Å²) in [7, 11) is 3.89. The molecule has 0 unspecified atom stereocenters. The molecule has 0 atom stereocenters. The van der Waals surface area contributed by atoms with E-state index in [4.69, 9.17) is 11.6 Å². The van der Waals surface area contributed by atoms with Crippen LogP contribution in [-0.2, 0) is 10.7 Å². The quantitative estimate of drug-likeness (QED) is 0.670. The van der Waals surface area contributed by atoms with Crippen LogP contribution in [0.2, 0.25) is 0 Å². The number of nitrogens with zero attached hydrogens (tertiary/aromatic N) is 1. The fourth-order valence-corrected chi connectivity index (χ4v) is 1.37. The molecular weight excluding hydrogens is 276 g/mol. The number of carbonyl (C=O) groups excluding carboxylic acids is 1. The van der Waals surface area contributed by atoms with Gasteiger partial charge in [-0.1, -0.05) is 36.4 Å². The van der Waals surface area contributed by atoms with Crippen molar-refractivity contribution in [3.05, 3.63) is 47.5 Å². The van der Waals surface area contributed by atoms with E-state index in [-0.39, 0.29) is 6.15 Å². The molecule has 0 aliphatic heterocycles. The van der Waals surface area contributed by atoms with E-state index in [1.807, 2.05) is 49.3 Å². The molecule has 1 aromatic carbocycles. The van der Waals surface area contributed by atoms with Crippen molar-refractivity contribution in [2.75, 3.05) is 20.6 Å². The highest BCUT2D eigenvalue weighted by atomic mass is 35.5. The summed E-state index contributed by atoms with van der Waals surface area (Å²) in [4.78, 5) is 12.2. The number of quaternary nitrogens is 1. The number of carboxylic acids is 1. The van der Waals surface area contributed by atoms with Gasteiger partial charge in [-0.15, -0.1) is 11.6 Å². The Hall–Kier alpha value is -1.36. The maximum atomic E-state index is 10.2. The molecule has 0 aliphatic rings. The summed E-state index contributed by atoms with van der Waals surface area (Å²) in [5.41, 5.74) is 1.49. The van der Waals surface area contributed by atoms with E-state index in [9.17, 15) is 9.90 Å². The van der Waals surface area contributed by atoms with Gasteiger partial charge in [0.05, 0.1) is 5.97 Å². The predicted molar refractivity (Wildman–Crippen MR) is 83.9 cm³/mol. The lowest BCUT2D eigenvalue weighted by Crippen LogP contribution is -2.23. The van der Waals surface area contributed by atoms with Crippen LogP contribution < -0.4 is 11.3 Å². The number of alkyl halides is 1. The van der Waals surface area contributed by atoms with E-state index in [2.05, 4.69) is 0 Å². The summed E-state index contributed by atoms with van der Waals surface area (Å²) < 4.78 is 0. The second-order valence-electron chi connectivity index (χ2n) is 4.39. The second kappa shape index (κ2) is 12.7. The molecule has 0 amide bonds. The number of benzene rings is 1. The standard InChI is InChI=1S/C8H15NO2.C7H7Cl.H3N/c1-7(8(10)11)5-4-6-9(2)3;8-6-7-4-2-1-3-5-7;/h5H,4,6H2,1-3H3,(H,10,11);1-5H,6H2;1H3. The highest BCUT2D eigenvalue weighted by Gasteiger charge is 1.89. The Morgan fingerprint density at radius 3 is 2.20 bits per heavy atom. The van der Waals surface area contributed by atoms with Crippen molar-refractivity contribution in [3.63, 3.8) is 0 Å². The van der Waals surface area contributed by atoms with Crippen molar-refractivity contribution >= 4 is 17.6 Å². The summed E-state index contributed by atoms with van der Waals surface area (Å²) in [6.45, 7) is 2.41. The van der Waals surface area contributed by atoms with Gasteiger partial charge in [0.15, 0.2) is 0 Å². The normalized spacial score (nSPS) is 10.3. The molecule has 1 aromatic rings. The van der Waals surface area contributed by atoms with E-state index >= 15 is 0 Å². The Morgan fingerprint density at radius 2 is 1.85 bits per heavy atom. The van der Waals surface area contributed by atoms with E-state index in [1.165, 1.54) is 5.56 Å². The van der Waals surface area contributed by atoms with Crippen LogP contribution in [-0.4, -0.2) is 31.5 Å². The van der Waals surface area contributed by atoms with Gasteiger partial charge in [0.2, 0.25) is 0 Å². The Bertz CT molecular complexity index is 392. The third kappa shape index (κ3) is 11.7. The lowest BCUT2D eigenvalue weighted by Gasteiger charge is -2.07. The van der Waals surface area contributed by atoms with Gasteiger partial charge in [0, 0.05) is 12.4 Å². The number of carbonyl (C=O) groups is 1. The first-order chi connectivity index (χ1) is 8.97. The Labute approximate surface area is 126 Å². The summed E-state index contributed by atoms with van der Waals surface area (Å²) >= 11 is 5.53. The molecule has 0 fully saturated rings. The van der Waals surface area contributed by atoms with Crippen LogP contribution in [0.1, 0.15) is 18.9 Å². The van der Waals surface area contributed by atoms with Crippen LogP contribution in [0.3, 0.4) is 0 Å². The monoisotopic (exact) mass is 300 g/mol. The van der Waals surface area contributed by atoms with E-state index in [0.29, 0.717) is 11.5 Å². The summed E-state index contributed by atoms with van der Waals surface area (Å²) in [5.74, 6) is -0.468. The molecule has 5 heteroatoms. The zero-order chi connectivity index (χ0) is 14.7. The number of hydrogen-bond acceptors (Lipinski definition) is 3. The van der Waals surface area contributed by atoms with Crippen molar-refractivity contribution in [1.82, 2.24) is 11.1 Å². The zero-order valence-corrected chi connectivity index (χ0v) is 13.5. The van der Waals surface area contributed by atoms with Gasteiger partial charge in [-0.05, 0) is 38.6 Å². The highest BCUT2D eigenvalue weighted by Crippen LogP contribution is 2.00. The lowest BCUT2D eigenvalue weighted by atomic mass is 10.2. The van der Waals surface area contributed by atoms with Crippen molar-refractivity contribution in [2.45, 2.75) is 19.2 Å². The SMILES string of the molecule is CC(=CCCN(C)C)C(=O)[O-].ClCc1ccccc1.[NH4+]. The summed E-state index contributed by atoms with van der Waals surface area (Å²) in [5, 5.41) is 10.2. The molecule has 4 N–H and O–H groups in total. The minimum Gasteiger partial charge on any atom is -0.545 e. The van der Waals surface area contributed by atoms with Gasteiger partial charge in [-0.3, -0.25) is 0 Å². The molecule has 0 spiro atoms. The Kier molecular flexibility index (Phi) is 13.3. The maximum absolute atomic E-state index is 10.2. The van der Waals surface area contributed by atoms with Gasteiger partial charge >= 0.3 is 0 Å². The number of hydrogen-bond donors (Lipinski definition) is 1. The summed E-state index contributed by atoms with van der Waals surface area (Å²) in [6, 6.07) is 9.96. The van der Waals surface area contributed by atoms with E-state index in [1.54, 1.807) is 13.0 Å². The highest BCUT2D eigenvalue weighted by molar-refractivity contribution is 6.17. The first kappa shape index (κ1) is 20.9. The minimum atomic E-state index is -1.08. The van der Waals surface area contributed by atoms with Crippen LogP contribution in [0.5, 0.6) is 0 Å². The van der Waals surface area contributed by atoms with Crippen molar-refractivity contribution in [1.29, 1.82) is 0 Å². The molecule has 0 saturated carbocycles. The molecule has 20 heavy (non-hydrogen) atoms. The van der Waals surface area contributed by atoms with Crippen LogP contribution in [0.25, 0.3) is 0 Å². The number of rotatable bonds is 5. The van der Waals surface area contributed by atoms with E-state index in [0.717, 1.165) is 13.0 Å².